The van der Waals surface area contributed by atoms with Gasteiger partial charge in [-0.15, -0.1) is 24.8 Å². The summed E-state index contributed by atoms with van der Waals surface area (Å²) in [5, 5.41) is 6.07. The van der Waals surface area contributed by atoms with E-state index in [4.69, 9.17) is 5.73 Å². The average molecular weight is 431 g/mol. The van der Waals surface area contributed by atoms with E-state index in [9.17, 15) is 9.59 Å². The van der Waals surface area contributed by atoms with Gasteiger partial charge in [0.15, 0.2) is 0 Å². The van der Waals surface area contributed by atoms with Crippen LogP contribution in [0.1, 0.15) is 38.5 Å². The molecule has 2 fully saturated rings. The first kappa shape index (κ1) is 24.7. The largest absolute Gasteiger partial charge is 0.353 e. The number of carbonyl (C=O) groups is 2. The Morgan fingerprint density at radius 2 is 1.68 bits per heavy atom. The number of amides is 2. The number of likely N-dealkylation sites (tertiary alicyclic amines) is 1. The van der Waals surface area contributed by atoms with E-state index >= 15 is 0 Å². The maximum Gasteiger partial charge on any atom is 0.238 e. The van der Waals surface area contributed by atoms with E-state index in [1.165, 1.54) is 0 Å². The molecule has 1 heterocycles. The molecule has 6 nitrogen and oxygen atoms in total. The number of rotatable bonds is 6. The van der Waals surface area contributed by atoms with E-state index in [-0.39, 0.29) is 48.7 Å². The summed E-state index contributed by atoms with van der Waals surface area (Å²) in [4.78, 5) is 26.5. The van der Waals surface area contributed by atoms with E-state index in [1.54, 1.807) is 0 Å². The van der Waals surface area contributed by atoms with E-state index in [0.717, 1.165) is 50.9 Å². The fourth-order valence-electron chi connectivity index (χ4n) is 4.00. The first-order chi connectivity index (χ1) is 12.6. The van der Waals surface area contributed by atoms with Crippen LogP contribution in [0, 0.1) is 5.92 Å². The quantitative estimate of drug-likeness (QED) is 0.646. The highest BCUT2D eigenvalue weighted by atomic mass is 35.5. The third-order valence-electron chi connectivity index (χ3n) is 5.54. The van der Waals surface area contributed by atoms with E-state index in [0.29, 0.717) is 18.9 Å². The van der Waals surface area contributed by atoms with Crippen molar-refractivity contribution in [2.75, 3.05) is 25.0 Å². The van der Waals surface area contributed by atoms with Gasteiger partial charge in [0.1, 0.15) is 0 Å². The van der Waals surface area contributed by atoms with Gasteiger partial charge < -0.3 is 16.4 Å². The molecule has 1 aliphatic heterocycles. The van der Waals surface area contributed by atoms with Crippen molar-refractivity contribution >= 4 is 42.3 Å². The highest BCUT2D eigenvalue weighted by Crippen LogP contribution is 2.26. The van der Waals surface area contributed by atoms with Crippen LogP contribution in [0.2, 0.25) is 0 Å². The Morgan fingerprint density at radius 3 is 2.29 bits per heavy atom. The van der Waals surface area contributed by atoms with Crippen molar-refractivity contribution in [3.8, 4) is 0 Å². The van der Waals surface area contributed by atoms with Gasteiger partial charge in [-0.25, -0.2) is 0 Å². The summed E-state index contributed by atoms with van der Waals surface area (Å²) in [7, 11) is 0. The van der Waals surface area contributed by atoms with E-state index in [2.05, 4.69) is 15.5 Å². The second-order valence-corrected chi connectivity index (χ2v) is 7.59. The van der Waals surface area contributed by atoms with Crippen LogP contribution in [-0.4, -0.2) is 48.4 Å². The van der Waals surface area contributed by atoms with Crippen LogP contribution in [0.25, 0.3) is 0 Å². The number of hydrogen-bond donors (Lipinski definition) is 3. The molecule has 1 saturated heterocycles. The predicted molar refractivity (Wildman–Crippen MR) is 117 cm³/mol. The summed E-state index contributed by atoms with van der Waals surface area (Å²) in [5.41, 5.74) is 6.88. The third-order valence-corrected chi connectivity index (χ3v) is 5.54. The third kappa shape index (κ3) is 7.59. The molecule has 1 aliphatic carbocycles. The lowest BCUT2D eigenvalue weighted by molar-refractivity contribution is -0.123. The number of carbonyl (C=O) groups excluding carboxylic acids is 2. The van der Waals surface area contributed by atoms with Gasteiger partial charge in [-0.1, -0.05) is 24.6 Å². The molecular formula is C20H32Cl2N4O2. The highest BCUT2D eigenvalue weighted by molar-refractivity contribution is 5.92. The SMILES string of the molecule is Cl.Cl.N[C@@H]1CCC[C@H]1CC(=O)NC1CCN(CC(=O)Nc2ccccc2)CC1. The Bertz CT molecular complexity index is 609. The molecule has 0 unspecified atom stereocenters. The number of benzene rings is 1. The minimum atomic E-state index is 0. The monoisotopic (exact) mass is 430 g/mol. The number of hydrogen-bond acceptors (Lipinski definition) is 4. The number of nitrogens with zero attached hydrogens (tertiary/aromatic N) is 1. The van der Waals surface area contributed by atoms with Gasteiger partial charge in [0.2, 0.25) is 11.8 Å². The van der Waals surface area contributed by atoms with Crippen LogP contribution >= 0.6 is 24.8 Å². The molecule has 28 heavy (non-hydrogen) atoms. The van der Waals surface area contributed by atoms with Crippen molar-refractivity contribution in [1.82, 2.24) is 10.2 Å². The molecule has 3 rings (SSSR count). The van der Waals surface area contributed by atoms with Gasteiger partial charge in [0.05, 0.1) is 6.54 Å². The maximum atomic E-state index is 12.2. The second kappa shape index (κ2) is 12.3. The van der Waals surface area contributed by atoms with Crippen molar-refractivity contribution in [2.45, 2.75) is 50.6 Å². The lowest BCUT2D eigenvalue weighted by Crippen LogP contribution is -2.47. The van der Waals surface area contributed by atoms with Crippen molar-refractivity contribution in [3.05, 3.63) is 30.3 Å². The Hall–Kier alpha value is -1.34. The molecule has 158 valence electrons. The molecule has 2 amide bonds. The van der Waals surface area contributed by atoms with Crippen LogP contribution in [0.4, 0.5) is 5.69 Å². The zero-order valence-corrected chi connectivity index (χ0v) is 17.8. The van der Waals surface area contributed by atoms with Crippen LogP contribution in [0.15, 0.2) is 30.3 Å². The molecule has 0 aromatic heterocycles. The van der Waals surface area contributed by atoms with Gasteiger partial charge >= 0.3 is 0 Å². The molecule has 2 aliphatic rings. The Labute approximate surface area is 179 Å². The molecule has 4 N–H and O–H groups in total. The van der Waals surface area contributed by atoms with E-state index in [1.807, 2.05) is 30.3 Å². The molecule has 0 spiro atoms. The first-order valence-corrected chi connectivity index (χ1v) is 9.72. The smallest absolute Gasteiger partial charge is 0.238 e. The first-order valence-electron chi connectivity index (χ1n) is 9.72. The number of piperidine rings is 1. The van der Waals surface area contributed by atoms with E-state index < -0.39 is 0 Å². The molecule has 1 aromatic rings. The molecule has 0 bridgehead atoms. The summed E-state index contributed by atoms with van der Waals surface area (Å²) in [5.74, 6) is 0.485. The topological polar surface area (TPSA) is 87.5 Å². The zero-order valence-electron chi connectivity index (χ0n) is 16.1. The number of para-hydroxylation sites is 1. The Morgan fingerprint density at radius 1 is 1.00 bits per heavy atom. The fourth-order valence-corrected chi connectivity index (χ4v) is 4.00. The summed E-state index contributed by atoms with van der Waals surface area (Å²) in [6, 6.07) is 9.91. The van der Waals surface area contributed by atoms with Crippen LogP contribution < -0.4 is 16.4 Å². The van der Waals surface area contributed by atoms with Gasteiger partial charge in [0, 0.05) is 37.3 Å². The molecule has 0 radical (unpaired) electrons. The molecule has 2 atom stereocenters. The Balaban J connectivity index is 0.00000196. The van der Waals surface area contributed by atoms with Gasteiger partial charge in [-0.05, 0) is 43.7 Å². The van der Waals surface area contributed by atoms with Gasteiger partial charge in [-0.2, -0.15) is 0 Å². The van der Waals surface area contributed by atoms with Crippen LogP contribution in [-0.2, 0) is 9.59 Å². The number of nitrogens with two attached hydrogens (primary N) is 1. The molecule has 1 saturated carbocycles. The number of anilines is 1. The van der Waals surface area contributed by atoms with Crippen molar-refractivity contribution in [3.63, 3.8) is 0 Å². The average Bonchev–Trinajstić information content (AvgIpc) is 3.02. The van der Waals surface area contributed by atoms with Gasteiger partial charge in [-0.3, -0.25) is 14.5 Å². The molecular weight excluding hydrogens is 399 g/mol. The van der Waals surface area contributed by atoms with Crippen LogP contribution in [0.3, 0.4) is 0 Å². The second-order valence-electron chi connectivity index (χ2n) is 7.59. The Kier molecular flexibility index (Phi) is 10.8. The van der Waals surface area contributed by atoms with Crippen molar-refractivity contribution in [2.24, 2.45) is 11.7 Å². The number of halogens is 2. The molecule has 8 heteroatoms. The summed E-state index contributed by atoms with van der Waals surface area (Å²) < 4.78 is 0. The standard InChI is InChI=1S/C20H30N4O2.2ClH/c21-18-8-4-5-15(18)13-19(25)22-17-9-11-24(12-10-17)14-20(26)23-16-6-2-1-3-7-16;;/h1-3,6-7,15,17-18H,4-5,8-14,21H2,(H,22,25)(H,23,26);2*1H/t15-,18+;;/m0../s1. The maximum absolute atomic E-state index is 12.2. The molecule has 1 aromatic carbocycles. The summed E-state index contributed by atoms with van der Waals surface area (Å²) in [6.07, 6.45) is 5.59. The number of nitrogens with one attached hydrogen (secondary N) is 2. The lowest BCUT2D eigenvalue weighted by Gasteiger charge is -2.32. The minimum absolute atomic E-state index is 0. The van der Waals surface area contributed by atoms with Crippen LogP contribution in [0.5, 0.6) is 0 Å². The summed E-state index contributed by atoms with van der Waals surface area (Å²) in [6.45, 7) is 2.05. The van der Waals surface area contributed by atoms with Crippen molar-refractivity contribution in [1.29, 1.82) is 0 Å². The van der Waals surface area contributed by atoms with Gasteiger partial charge in [0.25, 0.3) is 0 Å². The predicted octanol–water partition coefficient (Wildman–Crippen LogP) is 2.57. The lowest BCUT2D eigenvalue weighted by atomic mass is 9.98. The minimum Gasteiger partial charge on any atom is -0.353 e. The normalized spacial score (nSPS) is 22.6. The highest BCUT2D eigenvalue weighted by Gasteiger charge is 2.28. The fraction of sp³-hybridized carbons (Fsp3) is 0.600. The zero-order chi connectivity index (χ0) is 18.4. The van der Waals surface area contributed by atoms with Crippen molar-refractivity contribution < 1.29 is 9.59 Å². The summed E-state index contributed by atoms with van der Waals surface area (Å²) >= 11 is 0.